The van der Waals surface area contributed by atoms with Gasteiger partial charge >= 0.3 is 0 Å². The van der Waals surface area contributed by atoms with Crippen LogP contribution in [-0.2, 0) is 16.4 Å². The summed E-state index contributed by atoms with van der Waals surface area (Å²) in [5.74, 6) is -6.13. The summed E-state index contributed by atoms with van der Waals surface area (Å²) < 4.78 is 105. The molecule has 230 valence electrons. The first kappa shape index (κ1) is 31.9. The van der Waals surface area contributed by atoms with Crippen LogP contribution < -0.4 is 4.72 Å². The lowest BCUT2D eigenvalue weighted by molar-refractivity contribution is 0.0119. The lowest BCUT2D eigenvalue weighted by Gasteiger charge is -2.18. The minimum Gasteiger partial charge on any atom is -0.390 e. The average molecular weight is 638 g/mol. The Labute approximate surface area is 242 Å². The maximum atomic E-state index is 15.6. The van der Waals surface area contributed by atoms with Crippen LogP contribution >= 0.6 is 11.3 Å². The molecule has 1 amide bonds. The van der Waals surface area contributed by atoms with Crippen molar-refractivity contribution >= 4 is 27.3 Å². The van der Waals surface area contributed by atoms with Crippen molar-refractivity contribution in [3.05, 3.63) is 35.1 Å². The van der Waals surface area contributed by atoms with Crippen molar-refractivity contribution in [1.82, 2.24) is 24.7 Å². The van der Waals surface area contributed by atoms with E-state index in [0.29, 0.717) is 17.8 Å². The number of halogens is 5. The second-order valence-electron chi connectivity index (χ2n) is 10.6. The lowest BCUT2D eigenvalue weighted by Crippen LogP contribution is -2.33. The number of thiazole rings is 1. The maximum Gasteiger partial charge on any atom is 0.274 e. The SMILES string of the molecule is CC[C@@H](C)NS(=O)(=O)c1ccc(-c2sc(-c3noc(CC(C)(C)O)n3)nc2C(=O)N2CCC(F)(F)C2)c(C(F)F)c1F. The summed E-state index contributed by atoms with van der Waals surface area (Å²) >= 11 is 0.593. The van der Waals surface area contributed by atoms with Gasteiger partial charge in [0.25, 0.3) is 18.3 Å². The number of aliphatic hydroxyl groups is 1. The van der Waals surface area contributed by atoms with Gasteiger partial charge in [-0.05, 0) is 33.3 Å². The smallest absolute Gasteiger partial charge is 0.274 e. The molecule has 0 bridgehead atoms. The van der Waals surface area contributed by atoms with Crippen LogP contribution in [0.3, 0.4) is 0 Å². The van der Waals surface area contributed by atoms with Crippen LogP contribution in [0.2, 0.25) is 0 Å². The van der Waals surface area contributed by atoms with Crippen LogP contribution in [0, 0.1) is 5.82 Å². The number of carbonyl (C=O) groups is 1. The van der Waals surface area contributed by atoms with E-state index < -0.39 is 80.4 Å². The highest BCUT2D eigenvalue weighted by Gasteiger charge is 2.42. The zero-order chi connectivity index (χ0) is 31.2. The van der Waals surface area contributed by atoms with E-state index in [2.05, 4.69) is 19.8 Å². The third-order valence-electron chi connectivity index (χ3n) is 6.40. The fourth-order valence-corrected chi connectivity index (χ4v) is 6.63. The highest BCUT2D eigenvalue weighted by molar-refractivity contribution is 7.89. The van der Waals surface area contributed by atoms with Gasteiger partial charge in [-0.3, -0.25) is 4.79 Å². The molecule has 1 aliphatic heterocycles. The third kappa shape index (κ3) is 6.79. The monoisotopic (exact) mass is 637 g/mol. The Morgan fingerprint density at radius 3 is 2.55 bits per heavy atom. The lowest BCUT2D eigenvalue weighted by atomic mass is 10.0. The van der Waals surface area contributed by atoms with E-state index in [1.807, 2.05) is 0 Å². The molecule has 0 spiro atoms. The number of amides is 1. The molecule has 0 aliphatic carbocycles. The topological polar surface area (TPSA) is 139 Å². The van der Waals surface area contributed by atoms with Gasteiger partial charge in [0.05, 0.1) is 29.0 Å². The van der Waals surface area contributed by atoms with Gasteiger partial charge in [-0.1, -0.05) is 18.1 Å². The van der Waals surface area contributed by atoms with Gasteiger partial charge in [-0.15, -0.1) is 11.3 Å². The minimum absolute atomic E-state index is 0.0102. The van der Waals surface area contributed by atoms with Crippen LogP contribution in [0.5, 0.6) is 0 Å². The van der Waals surface area contributed by atoms with Gasteiger partial charge in [0.2, 0.25) is 21.7 Å². The number of hydrogen-bond donors (Lipinski definition) is 2. The molecule has 0 radical (unpaired) electrons. The molecule has 0 unspecified atom stereocenters. The first-order valence-corrected chi connectivity index (χ1v) is 15.1. The summed E-state index contributed by atoms with van der Waals surface area (Å²) in [6.07, 6.45) is -3.87. The Balaban J connectivity index is 1.87. The van der Waals surface area contributed by atoms with Crippen molar-refractivity contribution < 1.29 is 44.8 Å². The highest BCUT2D eigenvalue weighted by Crippen LogP contribution is 2.43. The van der Waals surface area contributed by atoms with E-state index in [0.717, 1.165) is 17.0 Å². The molecule has 3 heterocycles. The van der Waals surface area contributed by atoms with Crippen molar-refractivity contribution in [3.63, 3.8) is 0 Å². The zero-order valence-electron chi connectivity index (χ0n) is 22.9. The number of nitrogens with one attached hydrogen (secondary N) is 1. The number of likely N-dealkylation sites (tertiary alicyclic amines) is 1. The van der Waals surface area contributed by atoms with Gasteiger partial charge in [0.1, 0.15) is 10.6 Å². The van der Waals surface area contributed by atoms with E-state index in [1.54, 1.807) is 6.92 Å². The molecule has 2 aromatic heterocycles. The van der Waals surface area contributed by atoms with Crippen molar-refractivity contribution in [2.24, 2.45) is 0 Å². The molecule has 1 aliphatic rings. The first-order chi connectivity index (χ1) is 19.4. The van der Waals surface area contributed by atoms with Gasteiger partial charge in [-0.2, -0.15) is 4.98 Å². The molecule has 2 N–H and O–H groups in total. The molecule has 42 heavy (non-hydrogen) atoms. The van der Waals surface area contributed by atoms with E-state index in [-0.39, 0.29) is 34.6 Å². The Hall–Kier alpha value is -3.02. The number of rotatable bonds is 10. The summed E-state index contributed by atoms with van der Waals surface area (Å²) in [7, 11) is -4.54. The first-order valence-electron chi connectivity index (χ1n) is 12.8. The molecule has 1 saturated heterocycles. The molecule has 1 atom stereocenters. The van der Waals surface area contributed by atoms with Crippen molar-refractivity contribution in [1.29, 1.82) is 0 Å². The molecule has 1 aromatic carbocycles. The molecular formula is C25H28F5N5O5S2. The summed E-state index contributed by atoms with van der Waals surface area (Å²) in [6, 6.07) is 1.08. The molecule has 17 heteroatoms. The highest BCUT2D eigenvalue weighted by atomic mass is 32.2. The Bertz CT molecular complexity index is 1590. The Morgan fingerprint density at radius 1 is 1.29 bits per heavy atom. The van der Waals surface area contributed by atoms with Crippen molar-refractivity contribution in [3.8, 4) is 21.3 Å². The second kappa shape index (κ2) is 11.6. The fourth-order valence-electron chi connectivity index (χ4n) is 4.19. The van der Waals surface area contributed by atoms with Crippen molar-refractivity contribution in [2.75, 3.05) is 13.1 Å². The Morgan fingerprint density at radius 2 is 1.98 bits per heavy atom. The molecule has 3 aromatic rings. The molecule has 0 saturated carbocycles. The normalized spacial score (nSPS) is 16.4. The van der Waals surface area contributed by atoms with Gasteiger partial charge in [0, 0.05) is 24.6 Å². The van der Waals surface area contributed by atoms with Crippen LogP contribution in [0.1, 0.15) is 68.9 Å². The number of aromatic nitrogens is 3. The standard InChI is InChI=1S/C25H28F5N5O5S2/c1-5-12(2)34-42(38,39)14-7-6-13(16(17(14)26)20(27)28)19-18(23(36)35-9-8-25(29,30)11-35)32-22(41-19)21-31-15(40-33-21)10-24(3,4)37/h6-7,12,20,34,37H,5,8-11H2,1-4H3/t12-/m1/s1. The predicted molar refractivity (Wildman–Crippen MR) is 141 cm³/mol. The van der Waals surface area contributed by atoms with E-state index in [9.17, 15) is 35.9 Å². The minimum atomic E-state index is -4.54. The quantitative estimate of drug-likeness (QED) is 0.302. The number of benzene rings is 1. The molecule has 4 rings (SSSR count). The molecule has 10 nitrogen and oxygen atoms in total. The summed E-state index contributed by atoms with van der Waals surface area (Å²) in [5, 5.41) is 13.6. The number of nitrogens with zero attached hydrogens (tertiary/aromatic N) is 4. The maximum absolute atomic E-state index is 15.6. The zero-order valence-corrected chi connectivity index (χ0v) is 24.6. The summed E-state index contributed by atoms with van der Waals surface area (Å²) in [5.41, 5.74) is -3.64. The fraction of sp³-hybridized carbons (Fsp3) is 0.520. The largest absolute Gasteiger partial charge is 0.390 e. The number of sulfonamides is 1. The van der Waals surface area contributed by atoms with Gasteiger partial charge in [-0.25, -0.2) is 40.1 Å². The van der Waals surface area contributed by atoms with Crippen LogP contribution in [0.25, 0.3) is 21.3 Å². The predicted octanol–water partition coefficient (Wildman–Crippen LogP) is 4.81. The van der Waals surface area contributed by atoms with Crippen LogP contribution in [0.15, 0.2) is 21.6 Å². The van der Waals surface area contributed by atoms with E-state index in [4.69, 9.17) is 4.52 Å². The summed E-state index contributed by atoms with van der Waals surface area (Å²) in [4.78, 5) is 21.1. The van der Waals surface area contributed by atoms with Crippen molar-refractivity contribution in [2.45, 2.75) is 75.8 Å². The number of alkyl halides is 4. The molecule has 1 fully saturated rings. The van der Waals surface area contributed by atoms with Gasteiger partial charge < -0.3 is 14.5 Å². The number of carbonyl (C=O) groups excluding carboxylic acids is 1. The molecular weight excluding hydrogens is 609 g/mol. The number of hydrogen-bond acceptors (Lipinski definition) is 9. The Kier molecular flexibility index (Phi) is 8.79. The summed E-state index contributed by atoms with van der Waals surface area (Å²) in [6.45, 7) is 4.88. The van der Waals surface area contributed by atoms with Gasteiger partial charge in [0.15, 0.2) is 10.8 Å². The van der Waals surface area contributed by atoms with E-state index in [1.165, 1.54) is 20.8 Å². The third-order valence-corrected chi connectivity index (χ3v) is 9.09. The second-order valence-corrected chi connectivity index (χ2v) is 13.3. The van der Waals surface area contributed by atoms with Crippen LogP contribution in [-0.4, -0.2) is 70.1 Å². The van der Waals surface area contributed by atoms with E-state index >= 15 is 4.39 Å². The van der Waals surface area contributed by atoms with Crippen LogP contribution in [0.4, 0.5) is 22.0 Å². The average Bonchev–Trinajstić information content (AvgIpc) is 3.59.